The summed E-state index contributed by atoms with van der Waals surface area (Å²) >= 11 is 0. The van der Waals surface area contributed by atoms with Crippen molar-refractivity contribution in [1.29, 1.82) is 0 Å². The third-order valence-electron chi connectivity index (χ3n) is 5.51. The Morgan fingerprint density at radius 1 is 1.37 bits per heavy atom. The SMILES string of the molecule is CCCS(=O)(=O)N1C[C@H]2CCC[C@@]2(COCc2ccncc2)C1.O=C(O)C(F)(F)F. The van der Waals surface area contributed by atoms with Crippen LogP contribution in [0.4, 0.5) is 13.2 Å². The molecule has 0 amide bonds. The maximum absolute atomic E-state index is 12.4. The van der Waals surface area contributed by atoms with E-state index in [1.165, 1.54) is 6.42 Å². The van der Waals surface area contributed by atoms with E-state index >= 15 is 0 Å². The van der Waals surface area contributed by atoms with Gasteiger partial charge >= 0.3 is 12.1 Å². The number of aromatic nitrogens is 1. The minimum Gasteiger partial charge on any atom is -0.475 e. The number of ether oxygens (including phenoxy) is 1. The molecule has 30 heavy (non-hydrogen) atoms. The molecule has 3 rings (SSSR count). The number of carboxylic acids is 1. The summed E-state index contributed by atoms with van der Waals surface area (Å²) in [5, 5.41) is 7.12. The fraction of sp³-hybridized carbons (Fsp3) is 0.684. The highest BCUT2D eigenvalue weighted by atomic mass is 32.2. The summed E-state index contributed by atoms with van der Waals surface area (Å²) in [6.45, 7) is 4.45. The Morgan fingerprint density at radius 3 is 2.57 bits per heavy atom. The lowest BCUT2D eigenvalue weighted by Crippen LogP contribution is -2.35. The van der Waals surface area contributed by atoms with Crippen LogP contribution in [0.15, 0.2) is 24.5 Å². The summed E-state index contributed by atoms with van der Waals surface area (Å²) in [7, 11) is -3.10. The summed E-state index contributed by atoms with van der Waals surface area (Å²) in [5.74, 6) is -2.05. The zero-order valence-electron chi connectivity index (χ0n) is 16.8. The van der Waals surface area contributed by atoms with Crippen LogP contribution in [0, 0.1) is 11.3 Å². The van der Waals surface area contributed by atoms with Crippen LogP contribution in [0.2, 0.25) is 0 Å². The summed E-state index contributed by atoms with van der Waals surface area (Å²) < 4.78 is 64.2. The Hall–Kier alpha value is -1.72. The van der Waals surface area contributed by atoms with Crippen LogP contribution in [0.3, 0.4) is 0 Å². The Kier molecular flexibility index (Phi) is 8.23. The van der Waals surface area contributed by atoms with Gasteiger partial charge < -0.3 is 9.84 Å². The molecule has 0 spiro atoms. The molecule has 1 saturated heterocycles. The van der Waals surface area contributed by atoms with E-state index in [9.17, 15) is 21.6 Å². The van der Waals surface area contributed by atoms with Crippen LogP contribution in [0.25, 0.3) is 0 Å². The lowest BCUT2D eigenvalue weighted by atomic mass is 9.82. The highest BCUT2D eigenvalue weighted by Gasteiger charge is 2.52. The molecule has 1 aliphatic carbocycles. The van der Waals surface area contributed by atoms with Gasteiger partial charge in [0.25, 0.3) is 0 Å². The van der Waals surface area contributed by atoms with Crippen LogP contribution >= 0.6 is 0 Å². The number of fused-ring (bicyclic) bond motifs is 1. The first-order chi connectivity index (χ1) is 14.0. The van der Waals surface area contributed by atoms with Crippen molar-refractivity contribution in [3.05, 3.63) is 30.1 Å². The Balaban J connectivity index is 0.000000396. The largest absolute Gasteiger partial charge is 0.490 e. The number of nitrogens with zero attached hydrogens (tertiary/aromatic N) is 2. The number of pyridine rings is 1. The average molecular weight is 452 g/mol. The fourth-order valence-corrected chi connectivity index (χ4v) is 5.69. The molecule has 1 aromatic rings. The minimum absolute atomic E-state index is 0.0217. The second-order valence-electron chi connectivity index (χ2n) is 7.71. The van der Waals surface area contributed by atoms with Crippen molar-refractivity contribution in [1.82, 2.24) is 9.29 Å². The number of sulfonamides is 1. The lowest BCUT2D eigenvalue weighted by molar-refractivity contribution is -0.192. The standard InChI is InChI=1S/C17H26N2O3S.C2HF3O2/c1-2-10-23(20,21)19-11-16-4-3-7-17(16,13-19)14-22-12-15-5-8-18-9-6-15;3-2(4,5)1(6)7/h5-6,8-9,16H,2-4,7,10-14H2,1H3;(H,6,7)/t16-,17+;/m1./s1. The van der Waals surface area contributed by atoms with Gasteiger partial charge in [0.05, 0.1) is 19.0 Å². The van der Waals surface area contributed by atoms with E-state index in [-0.39, 0.29) is 11.2 Å². The van der Waals surface area contributed by atoms with Gasteiger partial charge in [-0.15, -0.1) is 0 Å². The molecule has 0 aromatic carbocycles. The van der Waals surface area contributed by atoms with Gasteiger partial charge in [0.2, 0.25) is 10.0 Å². The van der Waals surface area contributed by atoms with E-state index in [4.69, 9.17) is 14.6 Å². The highest BCUT2D eigenvalue weighted by molar-refractivity contribution is 7.89. The van der Waals surface area contributed by atoms with Crippen molar-refractivity contribution in [3.63, 3.8) is 0 Å². The number of hydrogen-bond donors (Lipinski definition) is 1. The van der Waals surface area contributed by atoms with Gasteiger partial charge in [-0.1, -0.05) is 13.3 Å². The van der Waals surface area contributed by atoms with Crippen molar-refractivity contribution in [2.45, 2.75) is 45.4 Å². The second kappa shape index (κ2) is 10.1. The third-order valence-corrected chi connectivity index (χ3v) is 7.50. The van der Waals surface area contributed by atoms with Gasteiger partial charge in [-0.2, -0.15) is 13.2 Å². The van der Waals surface area contributed by atoms with Crippen molar-refractivity contribution >= 4 is 16.0 Å². The fourth-order valence-electron chi connectivity index (χ4n) is 4.05. The first-order valence-electron chi connectivity index (χ1n) is 9.75. The molecule has 0 unspecified atom stereocenters. The Labute approximate surface area is 174 Å². The third kappa shape index (κ3) is 6.39. The van der Waals surface area contributed by atoms with Crippen LogP contribution in [0.5, 0.6) is 0 Å². The van der Waals surface area contributed by atoms with Crippen LogP contribution in [-0.4, -0.2) is 60.4 Å². The normalized spacial score (nSPS) is 24.2. The number of carbonyl (C=O) groups is 1. The smallest absolute Gasteiger partial charge is 0.475 e. The van der Waals surface area contributed by atoms with Gasteiger partial charge in [-0.25, -0.2) is 17.5 Å². The number of aliphatic carboxylic acids is 1. The van der Waals surface area contributed by atoms with E-state index in [1.54, 1.807) is 16.7 Å². The molecule has 2 heterocycles. The van der Waals surface area contributed by atoms with Crippen LogP contribution in [0.1, 0.15) is 38.2 Å². The Bertz CT molecular complexity index is 804. The molecule has 1 saturated carbocycles. The molecule has 2 aliphatic rings. The maximum atomic E-state index is 12.4. The van der Waals surface area contributed by atoms with E-state index in [1.807, 2.05) is 19.1 Å². The van der Waals surface area contributed by atoms with Crippen LogP contribution < -0.4 is 0 Å². The molecule has 2 atom stereocenters. The summed E-state index contributed by atoms with van der Waals surface area (Å²) in [6, 6.07) is 3.91. The molecule has 1 aliphatic heterocycles. The number of hydrogen-bond acceptors (Lipinski definition) is 5. The van der Waals surface area contributed by atoms with E-state index < -0.39 is 22.2 Å². The predicted octanol–water partition coefficient (Wildman–Crippen LogP) is 3.07. The zero-order chi connectivity index (χ0) is 22.4. The van der Waals surface area contributed by atoms with Gasteiger partial charge in [0, 0.05) is 30.9 Å². The highest BCUT2D eigenvalue weighted by Crippen LogP contribution is 2.49. The van der Waals surface area contributed by atoms with Crippen molar-refractivity contribution < 1.29 is 36.2 Å². The monoisotopic (exact) mass is 452 g/mol. The molecule has 1 aromatic heterocycles. The average Bonchev–Trinajstić information content (AvgIpc) is 3.20. The zero-order valence-corrected chi connectivity index (χ0v) is 17.6. The molecule has 1 N–H and O–H groups in total. The van der Waals surface area contributed by atoms with Crippen molar-refractivity contribution in [2.75, 3.05) is 25.4 Å². The molecular weight excluding hydrogens is 425 g/mol. The summed E-state index contributed by atoms with van der Waals surface area (Å²) in [6.07, 6.45) is 2.51. The van der Waals surface area contributed by atoms with Gasteiger partial charge in [-0.05, 0) is 42.9 Å². The van der Waals surface area contributed by atoms with E-state index in [0.717, 1.165) is 18.4 Å². The number of halogens is 3. The molecule has 11 heteroatoms. The van der Waals surface area contributed by atoms with Crippen molar-refractivity contribution in [2.24, 2.45) is 11.3 Å². The topological polar surface area (TPSA) is 96.8 Å². The molecular formula is C19H27F3N2O5S. The first-order valence-corrected chi connectivity index (χ1v) is 11.4. The molecule has 0 radical (unpaired) electrons. The van der Waals surface area contributed by atoms with E-state index in [0.29, 0.717) is 38.6 Å². The van der Waals surface area contributed by atoms with Crippen LogP contribution in [-0.2, 0) is 26.2 Å². The summed E-state index contributed by atoms with van der Waals surface area (Å²) in [5.41, 5.74) is 1.13. The maximum Gasteiger partial charge on any atom is 0.490 e. The molecule has 0 bridgehead atoms. The van der Waals surface area contributed by atoms with Gasteiger partial charge in [0.15, 0.2) is 0 Å². The van der Waals surface area contributed by atoms with E-state index in [2.05, 4.69) is 4.98 Å². The lowest BCUT2D eigenvalue weighted by Gasteiger charge is -2.28. The van der Waals surface area contributed by atoms with Gasteiger partial charge in [-0.3, -0.25) is 4.98 Å². The van der Waals surface area contributed by atoms with Gasteiger partial charge in [0.1, 0.15) is 0 Å². The predicted molar refractivity (Wildman–Crippen MR) is 103 cm³/mol. The summed E-state index contributed by atoms with van der Waals surface area (Å²) in [4.78, 5) is 12.9. The second-order valence-corrected chi connectivity index (χ2v) is 9.80. The quantitative estimate of drug-likeness (QED) is 0.683. The first kappa shape index (κ1) is 24.5. The number of carboxylic acid groups (broad SMARTS) is 1. The Morgan fingerprint density at radius 2 is 2.00 bits per heavy atom. The number of rotatable bonds is 7. The molecule has 170 valence electrons. The molecule has 2 fully saturated rings. The molecule has 7 nitrogen and oxygen atoms in total. The van der Waals surface area contributed by atoms with Crippen molar-refractivity contribution in [3.8, 4) is 0 Å². The minimum atomic E-state index is -5.08. The number of alkyl halides is 3.